The molecular formula is C35H60N4OS. The lowest BCUT2D eigenvalue weighted by atomic mass is 10.1. The number of aldehydes is 1. The topological polar surface area (TPSA) is 71.2 Å². The number of aromatic nitrogens is 1. The molecule has 2 rings (SSSR count). The van der Waals surface area contributed by atoms with Gasteiger partial charge in [-0.25, -0.2) is 4.98 Å². The van der Waals surface area contributed by atoms with Crippen LogP contribution in [0.15, 0.2) is 59.8 Å². The zero-order chi connectivity index (χ0) is 32.1. The molecule has 0 saturated carbocycles. The minimum absolute atomic E-state index is 0.692. The third kappa shape index (κ3) is 18.9. The van der Waals surface area contributed by atoms with E-state index in [-0.39, 0.29) is 0 Å². The zero-order valence-electron chi connectivity index (χ0n) is 28.2. The highest BCUT2D eigenvalue weighted by Gasteiger charge is 2.06. The van der Waals surface area contributed by atoms with Crippen LogP contribution in [-0.4, -0.2) is 31.4 Å². The van der Waals surface area contributed by atoms with Crippen molar-refractivity contribution >= 4 is 40.5 Å². The Bertz CT molecular complexity index is 993. The highest BCUT2D eigenvalue weighted by molar-refractivity contribution is 8.10. The van der Waals surface area contributed by atoms with E-state index in [1.165, 1.54) is 10.5 Å². The minimum Gasteiger partial charge on any atom is -0.398 e. The molecule has 0 unspecified atom stereocenters. The second kappa shape index (κ2) is 30.0. The molecule has 1 aromatic heterocycles. The van der Waals surface area contributed by atoms with Crippen LogP contribution in [0.1, 0.15) is 117 Å². The van der Waals surface area contributed by atoms with E-state index in [0.717, 1.165) is 61.4 Å². The molecule has 0 aliphatic carbocycles. The predicted molar refractivity (Wildman–Crippen MR) is 191 cm³/mol. The molecule has 0 atom stereocenters. The first-order valence-corrected chi connectivity index (χ1v) is 16.2. The summed E-state index contributed by atoms with van der Waals surface area (Å²) in [7, 11) is 1.91. The molecule has 3 N–H and O–H groups in total. The number of anilines is 2. The summed E-state index contributed by atoms with van der Waals surface area (Å²) < 4.78 is 0. The summed E-state index contributed by atoms with van der Waals surface area (Å²) in [5, 5.41) is 5.26. The van der Waals surface area contributed by atoms with Crippen molar-refractivity contribution < 1.29 is 4.79 Å². The molecule has 2 aromatic rings. The Labute approximate surface area is 257 Å². The molecule has 1 heterocycles. The van der Waals surface area contributed by atoms with E-state index in [1.807, 2.05) is 67.6 Å². The number of carbonyl (C=O) groups is 1. The van der Waals surface area contributed by atoms with Gasteiger partial charge in [0, 0.05) is 48.2 Å². The van der Waals surface area contributed by atoms with Gasteiger partial charge in [-0.1, -0.05) is 92.3 Å². The largest absolute Gasteiger partial charge is 0.398 e. The van der Waals surface area contributed by atoms with E-state index in [1.54, 1.807) is 24.0 Å². The van der Waals surface area contributed by atoms with Crippen LogP contribution >= 0.6 is 11.8 Å². The van der Waals surface area contributed by atoms with Crippen molar-refractivity contribution in [2.75, 3.05) is 30.8 Å². The Morgan fingerprint density at radius 3 is 2.10 bits per heavy atom. The molecule has 41 heavy (non-hydrogen) atoms. The highest BCUT2D eigenvalue weighted by Crippen LogP contribution is 2.31. The van der Waals surface area contributed by atoms with Crippen LogP contribution in [0.2, 0.25) is 0 Å². The first-order chi connectivity index (χ1) is 19.9. The van der Waals surface area contributed by atoms with E-state index in [4.69, 9.17) is 5.73 Å². The summed E-state index contributed by atoms with van der Waals surface area (Å²) in [5.41, 5.74) is 10.9. The highest BCUT2D eigenvalue weighted by atomic mass is 32.2. The fraction of sp³-hybridized carbons (Fsp3) is 0.486. The average Bonchev–Trinajstić information content (AvgIpc) is 3.03. The molecule has 0 amide bonds. The maximum absolute atomic E-state index is 10.7. The van der Waals surface area contributed by atoms with Crippen molar-refractivity contribution in [2.45, 2.75) is 95.4 Å². The van der Waals surface area contributed by atoms with Crippen LogP contribution in [0.25, 0.3) is 11.0 Å². The number of rotatable bonds is 12. The molecule has 0 aliphatic heterocycles. The molecule has 5 nitrogen and oxygen atoms in total. The summed E-state index contributed by atoms with van der Waals surface area (Å²) >= 11 is 1.74. The lowest BCUT2D eigenvalue weighted by molar-refractivity contribution is 0.112. The lowest BCUT2D eigenvalue weighted by Crippen LogP contribution is -2.25. The van der Waals surface area contributed by atoms with Gasteiger partial charge in [0.15, 0.2) is 0 Å². The van der Waals surface area contributed by atoms with Crippen LogP contribution in [0.3, 0.4) is 0 Å². The molecule has 0 bridgehead atoms. The summed E-state index contributed by atoms with van der Waals surface area (Å²) in [4.78, 5) is 18.4. The van der Waals surface area contributed by atoms with E-state index in [9.17, 15) is 4.79 Å². The Morgan fingerprint density at radius 1 is 1.00 bits per heavy atom. The van der Waals surface area contributed by atoms with Gasteiger partial charge in [-0.15, -0.1) is 0 Å². The smallest absolute Gasteiger partial charge is 0.150 e. The number of thioether (sulfide) groups is 1. The summed E-state index contributed by atoms with van der Waals surface area (Å²) in [6, 6.07) is 9.75. The molecule has 0 spiro atoms. The third-order valence-electron chi connectivity index (χ3n) is 5.14. The number of benzene rings is 1. The number of hydrogen-bond donors (Lipinski definition) is 2. The Hall–Kier alpha value is -2.99. The van der Waals surface area contributed by atoms with Gasteiger partial charge in [-0.3, -0.25) is 4.79 Å². The molecule has 0 fully saturated rings. The monoisotopic (exact) mass is 584 g/mol. The maximum atomic E-state index is 10.7. The molecular weight excluding hydrogens is 524 g/mol. The second-order valence-electron chi connectivity index (χ2n) is 8.02. The molecule has 0 radical (unpaired) electrons. The van der Waals surface area contributed by atoms with Crippen molar-refractivity contribution in [1.29, 1.82) is 0 Å². The van der Waals surface area contributed by atoms with E-state index in [2.05, 4.69) is 78.7 Å². The third-order valence-corrected chi connectivity index (χ3v) is 6.20. The van der Waals surface area contributed by atoms with Crippen LogP contribution in [0, 0.1) is 0 Å². The Kier molecular flexibility index (Phi) is 31.1. The second-order valence-corrected chi connectivity index (χ2v) is 8.97. The molecule has 6 heteroatoms. The Balaban J connectivity index is -0.000000610. The van der Waals surface area contributed by atoms with Gasteiger partial charge >= 0.3 is 0 Å². The number of carbonyl (C=O) groups excluding carboxylic acids is 1. The van der Waals surface area contributed by atoms with Gasteiger partial charge in [-0.2, -0.15) is 0 Å². The van der Waals surface area contributed by atoms with E-state index in [0.29, 0.717) is 5.56 Å². The molecule has 232 valence electrons. The SMILES string of the molecule is C/C=C(\S/C=C/CC)c1ccc(N)c(/C=C(\C)NC)c1.CC.CC.CC.CCCN(CCC)c1cc(C=O)ccn1. The van der Waals surface area contributed by atoms with Gasteiger partial charge in [-0.05, 0) is 80.0 Å². The number of allylic oxidation sites excluding steroid dienone is 3. The van der Waals surface area contributed by atoms with Crippen molar-refractivity contribution in [3.8, 4) is 0 Å². The fourth-order valence-corrected chi connectivity index (χ4v) is 4.07. The standard InChI is InChI=1S/C17H24N2S.C12H18N2O.3C2H6/c1-5-7-10-20-17(6-2)14-8-9-16(18)15(12-14)11-13(3)19-4;1-3-7-14(8-4-2)12-9-11(10-15)5-6-13-12;3*1-2/h6-12,19H,5,18H2,1-4H3;5-6,9-10H,3-4,7-8H2,1-2H3;3*1-2H3/b10-7+,13-11+,17-6-;;;;. The van der Waals surface area contributed by atoms with Crippen LogP contribution in [0.4, 0.5) is 11.5 Å². The van der Waals surface area contributed by atoms with Gasteiger partial charge in [0.1, 0.15) is 12.1 Å². The van der Waals surface area contributed by atoms with E-state index >= 15 is 0 Å². The Morgan fingerprint density at radius 2 is 1.61 bits per heavy atom. The number of nitrogen functional groups attached to an aromatic ring is 1. The number of hydrogen-bond acceptors (Lipinski definition) is 6. The van der Waals surface area contributed by atoms with Crippen molar-refractivity contribution in [3.63, 3.8) is 0 Å². The quantitative estimate of drug-likeness (QED) is 0.191. The average molecular weight is 585 g/mol. The van der Waals surface area contributed by atoms with Crippen LogP contribution in [0.5, 0.6) is 0 Å². The number of pyridine rings is 1. The summed E-state index contributed by atoms with van der Waals surface area (Å²) in [6.07, 6.45) is 12.2. The molecule has 0 saturated heterocycles. The number of nitrogens with two attached hydrogens (primary N) is 1. The first-order valence-electron chi connectivity index (χ1n) is 15.3. The predicted octanol–water partition coefficient (Wildman–Crippen LogP) is 10.5. The zero-order valence-corrected chi connectivity index (χ0v) is 29.0. The van der Waals surface area contributed by atoms with E-state index < -0.39 is 0 Å². The minimum atomic E-state index is 0.692. The fourth-order valence-electron chi connectivity index (χ4n) is 3.24. The summed E-state index contributed by atoms with van der Waals surface area (Å²) in [6.45, 7) is 24.5. The maximum Gasteiger partial charge on any atom is 0.150 e. The van der Waals surface area contributed by atoms with Crippen LogP contribution < -0.4 is 16.0 Å². The summed E-state index contributed by atoms with van der Waals surface area (Å²) in [5.74, 6) is 0.906. The van der Waals surface area contributed by atoms with Gasteiger partial charge in [0.05, 0.1) is 0 Å². The van der Waals surface area contributed by atoms with Crippen molar-refractivity contribution in [3.05, 3.63) is 76.5 Å². The van der Waals surface area contributed by atoms with Crippen molar-refractivity contribution in [2.24, 2.45) is 0 Å². The molecule has 1 aromatic carbocycles. The normalized spacial score (nSPS) is 10.4. The van der Waals surface area contributed by atoms with Gasteiger partial charge in [0.2, 0.25) is 0 Å². The van der Waals surface area contributed by atoms with Gasteiger partial charge in [0.25, 0.3) is 0 Å². The van der Waals surface area contributed by atoms with Crippen molar-refractivity contribution in [1.82, 2.24) is 10.3 Å². The first kappa shape index (κ1) is 42.5. The lowest BCUT2D eigenvalue weighted by Gasteiger charge is -2.22. The molecule has 0 aliphatic rings. The number of nitrogens with zero attached hydrogens (tertiary/aromatic N) is 2. The van der Waals surface area contributed by atoms with Crippen LogP contribution in [-0.2, 0) is 0 Å². The van der Waals surface area contributed by atoms with Gasteiger partial charge < -0.3 is 16.0 Å². The number of nitrogens with one attached hydrogen (secondary N) is 1.